The molecule has 1 N–H and O–H groups in total. The largest absolute Gasteiger partial charge is 0.366 e. The van der Waals surface area contributed by atoms with Gasteiger partial charge in [0.15, 0.2) is 6.29 Å². The van der Waals surface area contributed by atoms with E-state index in [1.807, 2.05) is 31.0 Å². The molecule has 2 aromatic rings. The molecule has 0 aliphatic carbocycles. The summed E-state index contributed by atoms with van der Waals surface area (Å²) in [4.78, 5) is 6.17. The molecule has 6 nitrogen and oxygen atoms in total. The number of hydrogen-bond acceptors (Lipinski definition) is 6. The molecular weight excluding hydrogens is 419 g/mol. The Morgan fingerprint density at radius 2 is 2.10 bits per heavy atom. The van der Waals surface area contributed by atoms with Crippen LogP contribution in [-0.4, -0.2) is 44.6 Å². The van der Waals surface area contributed by atoms with Crippen molar-refractivity contribution >= 4 is 17.3 Å². The first kappa shape index (κ1) is 24.6. The second-order valence-corrected chi connectivity index (χ2v) is 6.96. The molecule has 31 heavy (non-hydrogen) atoms. The summed E-state index contributed by atoms with van der Waals surface area (Å²) in [5, 5.41) is 12.0. The van der Waals surface area contributed by atoms with Crippen LogP contribution >= 0.6 is 11.6 Å². The van der Waals surface area contributed by atoms with Gasteiger partial charge in [-0.3, -0.25) is 0 Å². The van der Waals surface area contributed by atoms with Crippen LogP contribution in [0.15, 0.2) is 36.5 Å². The first-order valence-corrected chi connectivity index (χ1v) is 10.3. The third-order valence-corrected chi connectivity index (χ3v) is 4.61. The van der Waals surface area contributed by atoms with Gasteiger partial charge in [-0.15, -0.1) is 0 Å². The Bertz CT molecular complexity index is 922. The van der Waals surface area contributed by atoms with E-state index in [0.29, 0.717) is 38.4 Å². The van der Waals surface area contributed by atoms with Crippen LogP contribution < -0.4 is 10.2 Å². The van der Waals surface area contributed by atoms with Crippen molar-refractivity contribution in [1.29, 1.82) is 5.26 Å². The molecule has 8 heteroatoms. The van der Waals surface area contributed by atoms with Crippen molar-refractivity contribution in [2.75, 3.05) is 38.3 Å². The third-order valence-electron chi connectivity index (χ3n) is 4.30. The zero-order valence-electron chi connectivity index (χ0n) is 17.7. The van der Waals surface area contributed by atoms with Crippen molar-refractivity contribution in [3.8, 4) is 17.9 Å². The quantitative estimate of drug-likeness (QED) is 0.420. The van der Waals surface area contributed by atoms with Crippen LogP contribution in [0.3, 0.4) is 0 Å². The van der Waals surface area contributed by atoms with E-state index < -0.39 is 12.1 Å². The lowest BCUT2D eigenvalue weighted by atomic mass is 10.2. The summed E-state index contributed by atoms with van der Waals surface area (Å²) in [6, 6.07) is 10.2. The molecule has 0 amide bonds. The maximum absolute atomic E-state index is 13.9. The number of halogens is 2. The van der Waals surface area contributed by atoms with Crippen LogP contribution in [0.4, 0.5) is 10.1 Å². The van der Waals surface area contributed by atoms with E-state index >= 15 is 0 Å². The van der Waals surface area contributed by atoms with E-state index in [1.165, 1.54) is 12.1 Å². The summed E-state index contributed by atoms with van der Waals surface area (Å²) in [6.45, 7) is 4.28. The Balaban J connectivity index is 2.11. The van der Waals surface area contributed by atoms with Gasteiger partial charge in [0.05, 0.1) is 23.5 Å². The van der Waals surface area contributed by atoms with Gasteiger partial charge in [-0.1, -0.05) is 29.5 Å². The van der Waals surface area contributed by atoms with Crippen molar-refractivity contribution in [1.82, 2.24) is 10.3 Å². The van der Waals surface area contributed by atoms with E-state index in [4.69, 9.17) is 26.3 Å². The number of nitrogens with zero attached hydrogens (tertiary/aromatic N) is 3. The van der Waals surface area contributed by atoms with E-state index in [2.05, 4.69) is 22.1 Å². The lowest BCUT2D eigenvalue weighted by molar-refractivity contribution is -0.132. The fourth-order valence-corrected chi connectivity index (χ4v) is 2.91. The first-order valence-electron chi connectivity index (χ1n) is 9.96. The molecule has 1 atom stereocenters. The molecule has 1 aromatic heterocycles. The van der Waals surface area contributed by atoms with Crippen LogP contribution in [0.2, 0.25) is 5.02 Å². The molecule has 0 radical (unpaired) electrons. The number of anilines is 1. The Hall–Kier alpha value is -2.68. The maximum atomic E-state index is 13.9. The van der Waals surface area contributed by atoms with Gasteiger partial charge in [0.2, 0.25) is 0 Å². The highest BCUT2D eigenvalue weighted by Gasteiger charge is 2.15. The Morgan fingerprint density at radius 3 is 2.74 bits per heavy atom. The van der Waals surface area contributed by atoms with Crippen molar-refractivity contribution in [3.63, 3.8) is 0 Å². The highest BCUT2D eigenvalue weighted by Crippen LogP contribution is 2.21. The second-order valence-electron chi connectivity index (χ2n) is 6.55. The molecule has 0 saturated carbocycles. The zero-order chi connectivity index (χ0) is 22.5. The summed E-state index contributed by atoms with van der Waals surface area (Å²) in [7, 11) is 1.83. The summed E-state index contributed by atoms with van der Waals surface area (Å²) in [5.74, 6) is 5.41. The van der Waals surface area contributed by atoms with Gasteiger partial charge in [0.1, 0.15) is 24.2 Å². The normalized spacial score (nSPS) is 11.3. The SMILES string of the molecule is CCOC(CCN(Cc1ccc(Cl)c(F)c1)c1ccc(C#N)nc1)OCC#CCNC. The maximum Gasteiger partial charge on any atom is 0.160 e. The van der Waals surface area contributed by atoms with E-state index in [-0.39, 0.29) is 11.6 Å². The van der Waals surface area contributed by atoms with E-state index in [1.54, 1.807) is 18.3 Å². The van der Waals surface area contributed by atoms with E-state index in [9.17, 15) is 4.39 Å². The third kappa shape index (κ3) is 8.53. The average molecular weight is 445 g/mol. The molecule has 0 aliphatic rings. The predicted molar refractivity (Wildman–Crippen MR) is 119 cm³/mol. The number of hydrogen-bond donors (Lipinski definition) is 1. The molecule has 0 aliphatic heterocycles. The van der Waals surface area contributed by atoms with E-state index in [0.717, 1.165) is 11.3 Å². The lowest BCUT2D eigenvalue weighted by Gasteiger charge is -2.27. The summed E-state index contributed by atoms with van der Waals surface area (Å²) < 4.78 is 25.4. The minimum absolute atomic E-state index is 0.0829. The molecule has 1 unspecified atom stereocenters. The standard InChI is InChI=1S/C23H26ClFN4O2/c1-3-30-23(31-13-5-4-11-27-2)10-12-29(20-8-7-19(15-26)28-16-20)17-18-6-9-21(24)22(25)14-18/h6-9,14,16,23,27H,3,10-13,17H2,1-2H3. The van der Waals surface area contributed by atoms with Crippen molar-refractivity contribution in [2.24, 2.45) is 0 Å². The van der Waals surface area contributed by atoms with Gasteiger partial charge in [-0.05, 0) is 43.8 Å². The molecule has 1 heterocycles. The molecule has 0 saturated heterocycles. The number of nitrogens with one attached hydrogen (secondary N) is 1. The van der Waals surface area contributed by atoms with Crippen LogP contribution in [0.5, 0.6) is 0 Å². The summed E-state index contributed by atoms with van der Waals surface area (Å²) >= 11 is 5.81. The Kier molecular flexibility index (Phi) is 10.8. The molecular formula is C23H26ClFN4O2. The second kappa shape index (κ2) is 13.6. The Morgan fingerprint density at radius 1 is 1.26 bits per heavy atom. The number of aromatic nitrogens is 1. The van der Waals surface area contributed by atoms with Gasteiger partial charge in [0, 0.05) is 26.1 Å². The fourth-order valence-electron chi connectivity index (χ4n) is 2.80. The summed E-state index contributed by atoms with van der Waals surface area (Å²) in [5.41, 5.74) is 1.90. The minimum Gasteiger partial charge on any atom is -0.366 e. The van der Waals surface area contributed by atoms with Crippen LogP contribution in [0, 0.1) is 29.0 Å². The van der Waals surface area contributed by atoms with Gasteiger partial charge in [-0.2, -0.15) is 5.26 Å². The van der Waals surface area contributed by atoms with Crippen LogP contribution in [0.25, 0.3) is 0 Å². The highest BCUT2D eigenvalue weighted by atomic mass is 35.5. The molecule has 0 bridgehead atoms. The summed E-state index contributed by atoms with van der Waals surface area (Å²) in [6.07, 6.45) is 1.77. The topological polar surface area (TPSA) is 70.4 Å². The number of pyridine rings is 1. The van der Waals surface area contributed by atoms with Crippen molar-refractivity contribution in [3.05, 3.63) is 58.6 Å². The molecule has 0 fully saturated rings. The van der Waals surface area contributed by atoms with Gasteiger partial charge in [0.25, 0.3) is 0 Å². The molecule has 2 rings (SSSR count). The van der Waals surface area contributed by atoms with Gasteiger partial charge >= 0.3 is 0 Å². The first-order chi connectivity index (χ1) is 15.1. The average Bonchev–Trinajstić information content (AvgIpc) is 2.78. The Labute approximate surface area is 187 Å². The number of benzene rings is 1. The van der Waals surface area contributed by atoms with Crippen molar-refractivity contribution in [2.45, 2.75) is 26.2 Å². The molecule has 1 aromatic carbocycles. The minimum atomic E-state index is -0.465. The van der Waals surface area contributed by atoms with Crippen LogP contribution in [-0.2, 0) is 16.0 Å². The van der Waals surface area contributed by atoms with Crippen molar-refractivity contribution < 1.29 is 13.9 Å². The smallest absolute Gasteiger partial charge is 0.160 e. The highest BCUT2D eigenvalue weighted by molar-refractivity contribution is 6.30. The lowest BCUT2D eigenvalue weighted by Crippen LogP contribution is -2.29. The van der Waals surface area contributed by atoms with Gasteiger partial charge < -0.3 is 19.7 Å². The van der Waals surface area contributed by atoms with Crippen LogP contribution in [0.1, 0.15) is 24.6 Å². The number of nitriles is 1. The monoisotopic (exact) mass is 444 g/mol. The number of ether oxygens (including phenoxy) is 2. The predicted octanol–water partition coefficient (Wildman–Crippen LogP) is 3.74. The molecule has 0 spiro atoms. The zero-order valence-corrected chi connectivity index (χ0v) is 18.5. The molecule has 164 valence electrons. The van der Waals surface area contributed by atoms with Gasteiger partial charge in [-0.25, -0.2) is 9.37 Å². The number of rotatable bonds is 11. The fraction of sp³-hybridized carbons (Fsp3) is 0.391.